The summed E-state index contributed by atoms with van der Waals surface area (Å²) < 4.78 is 4.47. The van der Waals surface area contributed by atoms with E-state index in [9.17, 15) is 14.4 Å². The molecule has 0 heterocycles. The van der Waals surface area contributed by atoms with E-state index in [0.717, 1.165) is 6.42 Å². The molecule has 1 rings (SSSR count). The lowest BCUT2D eigenvalue weighted by Crippen LogP contribution is -2.24. The van der Waals surface area contributed by atoms with Gasteiger partial charge in [-0.3, -0.25) is 14.4 Å². The maximum absolute atomic E-state index is 11.8. The third-order valence-corrected chi connectivity index (χ3v) is 2.73. The minimum atomic E-state index is -0.433. The summed E-state index contributed by atoms with van der Waals surface area (Å²) in [5.41, 5.74) is 1.00. The standard InChI is InChI=1S/C15H20N2O4/c1-3-9-16-15(20)11-5-4-6-12(10-11)17-13(18)7-8-14(19)21-2/h4-6,10H,3,7-9H2,1-2H3,(H,16,20)(H,17,18). The largest absolute Gasteiger partial charge is 0.469 e. The number of carbonyl (C=O) groups excluding carboxylic acids is 3. The third kappa shape index (κ3) is 6.07. The Morgan fingerprint density at radius 1 is 1.19 bits per heavy atom. The van der Waals surface area contributed by atoms with Gasteiger partial charge in [-0.25, -0.2) is 0 Å². The molecule has 0 unspecified atom stereocenters. The molecule has 0 bridgehead atoms. The van der Waals surface area contributed by atoms with Crippen LogP contribution in [0.25, 0.3) is 0 Å². The fourth-order valence-corrected chi connectivity index (χ4v) is 1.62. The molecular weight excluding hydrogens is 272 g/mol. The van der Waals surface area contributed by atoms with Crippen molar-refractivity contribution in [2.75, 3.05) is 19.0 Å². The quantitative estimate of drug-likeness (QED) is 0.749. The number of ether oxygens (including phenoxy) is 1. The number of rotatable bonds is 7. The number of anilines is 1. The van der Waals surface area contributed by atoms with Gasteiger partial charge in [0.1, 0.15) is 0 Å². The first-order valence-corrected chi connectivity index (χ1v) is 6.81. The molecule has 1 aromatic carbocycles. The molecule has 0 radical (unpaired) electrons. The lowest BCUT2D eigenvalue weighted by Gasteiger charge is -2.07. The summed E-state index contributed by atoms with van der Waals surface area (Å²) in [6, 6.07) is 6.65. The van der Waals surface area contributed by atoms with Gasteiger partial charge in [-0.2, -0.15) is 0 Å². The van der Waals surface area contributed by atoms with Crippen molar-refractivity contribution in [3.05, 3.63) is 29.8 Å². The topological polar surface area (TPSA) is 84.5 Å². The number of hydrogen-bond acceptors (Lipinski definition) is 4. The molecule has 0 saturated heterocycles. The van der Waals surface area contributed by atoms with Crippen molar-refractivity contribution in [3.63, 3.8) is 0 Å². The highest BCUT2D eigenvalue weighted by atomic mass is 16.5. The molecule has 2 amide bonds. The van der Waals surface area contributed by atoms with E-state index >= 15 is 0 Å². The summed E-state index contributed by atoms with van der Waals surface area (Å²) in [7, 11) is 1.28. The third-order valence-electron chi connectivity index (χ3n) is 2.73. The molecule has 21 heavy (non-hydrogen) atoms. The van der Waals surface area contributed by atoms with Gasteiger partial charge in [0.15, 0.2) is 0 Å². The van der Waals surface area contributed by atoms with Crippen LogP contribution in [-0.2, 0) is 14.3 Å². The number of amides is 2. The molecule has 0 aliphatic carbocycles. The van der Waals surface area contributed by atoms with Crippen molar-refractivity contribution >= 4 is 23.5 Å². The van der Waals surface area contributed by atoms with Crippen LogP contribution < -0.4 is 10.6 Å². The smallest absolute Gasteiger partial charge is 0.306 e. The minimum Gasteiger partial charge on any atom is -0.469 e. The molecule has 0 fully saturated rings. The lowest BCUT2D eigenvalue weighted by molar-refractivity contribution is -0.141. The molecule has 1 aromatic rings. The molecule has 0 aliphatic rings. The molecule has 0 spiro atoms. The summed E-state index contributed by atoms with van der Waals surface area (Å²) in [6.45, 7) is 2.58. The van der Waals surface area contributed by atoms with E-state index in [0.29, 0.717) is 17.8 Å². The Hall–Kier alpha value is -2.37. The van der Waals surface area contributed by atoms with Gasteiger partial charge in [-0.15, -0.1) is 0 Å². The van der Waals surface area contributed by atoms with Gasteiger partial charge >= 0.3 is 5.97 Å². The fraction of sp³-hybridized carbons (Fsp3) is 0.400. The Morgan fingerprint density at radius 3 is 2.62 bits per heavy atom. The van der Waals surface area contributed by atoms with E-state index in [1.165, 1.54) is 7.11 Å². The van der Waals surface area contributed by atoms with Crippen molar-refractivity contribution in [3.8, 4) is 0 Å². The Morgan fingerprint density at radius 2 is 1.95 bits per heavy atom. The van der Waals surface area contributed by atoms with Crippen LogP contribution in [0.15, 0.2) is 24.3 Å². The second kappa shape index (κ2) is 8.73. The molecule has 114 valence electrons. The van der Waals surface area contributed by atoms with Gasteiger partial charge in [0, 0.05) is 24.2 Å². The van der Waals surface area contributed by atoms with Crippen molar-refractivity contribution in [2.45, 2.75) is 26.2 Å². The van der Waals surface area contributed by atoms with Gasteiger partial charge in [-0.05, 0) is 24.6 Å². The summed E-state index contributed by atoms with van der Waals surface area (Å²) in [4.78, 5) is 34.4. The van der Waals surface area contributed by atoms with E-state index in [-0.39, 0.29) is 24.7 Å². The predicted molar refractivity (Wildman–Crippen MR) is 78.9 cm³/mol. The first kappa shape index (κ1) is 16.7. The van der Waals surface area contributed by atoms with Crippen LogP contribution in [0.1, 0.15) is 36.5 Å². The van der Waals surface area contributed by atoms with Gasteiger partial charge in [0.05, 0.1) is 13.5 Å². The molecule has 6 heteroatoms. The minimum absolute atomic E-state index is 0.0268. The normalized spacial score (nSPS) is 9.81. The number of carbonyl (C=O) groups is 3. The number of esters is 1. The first-order chi connectivity index (χ1) is 10.1. The molecule has 0 atom stereocenters. The lowest BCUT2D eigenvalue weighted by atomic mass is 10.2. The van der Waals surface area contributed by atoms with E-state index in [2.05, 4.69) is 15.4 Å². The van der Waals surface area contributed by atoms with Crippen molar-refractivity contribution in [2.24, 2.45) is 0 Å². The Bertz CT molecular complexity index is 514. The zero-order valence-electron chi connectivity index (χ0n) is 12.3. The number of hydrogen-bond donors (Lipinski definition) is 2. The zero-order chi connectivity index (χ0) is 15.7. The van der Waals surface area contributed by atoms with Crippen molar-refractivity contribution < 1.29 is 19.1 Å². The number of methoxy groups -OCH3 is 1. The highest BCUT2D eigenvalue weighted by Crippen LogP contribution is 2.11. The fourth-order valence-electron chi connectivity index (χ4n) is 1.62. The summed E-state index contributed by atoms with van der Waals surface area (Å²) in [6.07, 6.45) is 0.924. The van der Waals surface area contributed by atoms with E-state index < -0.39 is 5.97 Å². The van der Waals surface area contributed by atoms with Gasteiger partial charge < -0.3 is 15.4 Å². The second-order valence-electron chi connectivity index (χ2n) is 4.46. The van der Waals surface area contributed by atoms with E-state index in [1.807, 2.05) is 6.92 Å². The monoisotopic (exact) mass is 292 g/mol. The van der Waals surface area contributed by atoms with Crippen LogP contribution >= 0.6 is 0 Å². The van der Waals surface area contributed by atoms with Crippen LogP contribution in [0.2, 0.25) is 0 Å². The summed E-state index contributed by atoms with van der Waals surface area (Å²) in [5, 5.41) is 5.41. The Balaban J connectivity index is 2.57. The van der Waals surface area contributed by atoms with Crippen LogP contribution in [0.3, 0.4) is 0 Å². The molecule has 0 saturated carbocycles. The maximum Gasteiger partial charge on any atom is 0.306 e. The molecule has 0 aliphatic heterocycles. The SMILES string of the molecule is CCCNC(=O)c1cccc(NC(=O)CCC(=O)OC)c1. The van der Waals surface area contributed by atoms with Crippen LogP contribution in [0.4, 0.5) is 5.69 Å². The Kier molecular flexibility index (Phi) is 6.94. The van der Waals surface area contributed by atoms with Crippen molar-refractivity contribution in [1.82, 2.24) is 5.32 Å². The summed E-state index contributed by atoms with van der Waals surface area (Å²) in [5.74, 6) is -0.910. The zero-order valence-corrected chi connectivity index (χ0v) is 12.3. The van der Waals surface area contributed by atoms with Crippen LogP contribution in [0.5, 0.6) is 0 Å². The molecule has 0 aromatic heterocycles. The van der Waals surface area contributed by atoms with Crippen molar-refractivity contribution in [1.29, 1.82) is 0 Å². The number of nitrogens with one attached hydrogen (secondary N) is 2. The Labute approximate surface area is 123 Å². The maximum atomic E-state index is 11.8. The molecule has 2 N–H and O–H groups in total. The average Bonchev–Trinajstić information content (AvgIpc) is 2.50. The van der Waals surface area contributed by atoms with E-state index in [1.54, 1.807) is 24.3 Å². The first-order valence-electron chi connectivity index (χ1n) is 6.81. The van der Waals surface area contributed by atoms with Gasteiger partial charge in [0.2, 0.25) is 5.91 Å². The predicted octanol–water partition coefficient (Wildman–Crippen LogP) is 1.72. The average molecular weight is 292 g/mol. The highest BCUT2D eigenvalue weighted by molar-refractivity contribution is 5.97. The van der Waals surface area contributed by atoms with E-state index in [4.69, 9.17) is 0 Å². The highest BCUT2D eigenvalue weighted by Gasteiger charge is 2.09. The number of benzene rings is 1. The molecule has 6 nitrogen and oxygen atoms in total. The van der Waals surface area contributed by atoms with Crippen LogP contribution in [-0.4, -0.2) is 31.4 Å². The van der Waals surface area contributed by atoms with Gasteiger partial charge in [0.25, 0.3) is 5.91 Å². The van der Waals surface area contributed by atoms with Crippen LogP contribution in [0, 0.1) is 0 Å². The van der Waals surface area contributed by atoms with Gasteiger partial charge in [-0.1, -0.05) is 13.0 Å². The summed E-state index contributed by atoms with van der Waals surface area (Å²) >= 11 is 0. The second-order valence-corrected chi connectivity index (χ2v) is 4.46. The molecular formula is C15H20N2O4.